The van der Waals surface area contributed by atoms with Crippen molar-refractivity contribution in [1.82, 2.24) is 10.6 Å². The molecule has 52 heavy (non-hydrogen) atoms. The lowest BCUT2D eigenvalue weighted by Crippen LogP contribution is -2.34. The molecule has 0 aromatic heterocycles. The summed E-state index contributed by atoms with van der Waals surface area (Å²) >= 11 is 0. The van der Waals surface area contributed by atoms with Gasteiger partial charge in [-0.2, -0.15) is 0 Å². The van der Waals surface area contributed by atoms with Gasteiger partial charge >= 0.3 is 12.2 Å². The van der Waals surface area contributed by atoms with Gasteiger partial charge in [-0.05, 0) is 98.9 Å². The Labute approximate surface area is 309 Å². The number of anilines is 2. The summed E-state index contributed by atoms with van der Waals surface area (Å²) in [6.45, 7) is 23.8. The standard InChI is InChI=1S/C42H58N4O6/c1-39(2,3)29-17-19-33(45-35(47)21-23-43-37(49)51-41(7,8)9)31(25-29)27-13-15-28(16-14-27)32-26-30(40(4,5)6)18-20-34(32)46-36(48)22-24-44-38(50)52-42(10,11)12/h13-20,25-26H,21-24H2,1-12H3,(H,43,49)(H,44,50)(H,45,47)(H,46,48). The number of nitrogens with one attached hydrogen (secondary N) is 4. The summed E-state index contributed by atoms with van der Waals surface area (Å²) in [5.41, 5.74) is 5.57. The number of benzene rings is 3. The SMILES string of the molecule is CC(C)(C)OC(=O)NCCC(=O)Nc1ccc(C(C)(C)C)cc1-c1ccc(-c2cc(C(C)(C)C)ccc2NC(=O)CCNC(=O)OC(C)(C)C)cc1. The maximum Gasteiger partial charge on any atom is 0.407 e. The van der Waals surface area contributed by atoms with Crippen LogP contribution in [0.3, 0.4) is 0 Å². The molecule has 0 heterocycles. The Morgan fingerprint density at radius 3 is 1.12 bits per heavy atom. The molecule has 3 aromatic rings. The van der Waals surface area contributed by atoms with Crippen LogP contribution in [0.5, 0.6) is 0 Å². The van der Waals surface area contributed by atoms with Crippen LogP contribution in [-0.2, 0) is 29.9 Å². The van der Waals surface area contributed by atoms with Crippen molar-refractivity contribution in [3.05, 3.63) is 71.8 Å². The number of carbonyl (C=O) groups excluding carboxylic acids is 4. The molecular weight excluding hydrogens is 656 g/mol. The van der Waals surface area contributed by atoms with E-state index in [0.717, 1.165) is 33.4 Å². The Morgan fingerprint density at radius 1 is 0.500 bits per heavy atom. The van der Waals surface area contributed by atoms with Crippen LogP contribution >= 0.6 is 0 Å². The molecular formula is C42H58N4O6. The van der Waals surface area contributed by atoms with Crippen molar-refractivity contribution in [3.8, 4) is 22.3 Å². The molecule has 0 atom stereocenters. The van der Waals surface area contributed by atoms with Gasteiger partial charge in [0.15, 0.2) is 0 Å². The number of hydrogen-bond acceptors (Lipinski definition) is 6. The second-order valence-electron chi connectivity index (χ2n) is 17.1. The third-order valence-electron chi connectivity index (χ3n) is 7.87. The zero-order chi connectivity index (χ0) is 39.1. The van der Waals surface area contributed by atoms with E-state index in [1.807, 2.05) is 48.5 Å². The van der Waals surface area contributed by atoms with Gasteiger partial charge < -0.3 is 30.7 Å². The van der Waals surface area contributed by atoms with Gasteiger partial charge in [-0.25, -0.2) is 9.59 Å². The Bertz CT molecular complexity index is 1610. The van der Waals surface area contributed by atoms with Gasteiger partial charge in [-0.15, -0.1) is 0 Å². The predicted octanol–water partition coefficient (Wildman–Crippen LogP) is 9.32. The minimum Gasteiger partial charge on any atom is -0.444 e. The Kier molecular flexibility index (Phi) is 13.3. The number of ether oxygens (including phenoxy) is 2. The topological polar surface area (TPSA) is 135 Å². The lowest BCUT2D eigenvalue weighted by atomic mass is 9.84. The fraction of sp³-hybridized carbons (Fsp3) is 0.476. The van der Waals surface area contributed by atoms with Crippen LogP contribution in [0.25, 0.3) is 22.3 Å². The highest BCUT2D eigenvalue weighted by molar-refractivity contribution is 5.97. The minimum absolute atomic E-state index is 0.0777. The smallest absolute Gasteiger partial charge is 0.407 e. The Balaban J connectivity index is 1.87. The molecule has 0 saturated carbocycles. The lowest BCUT2D eigenvalue weighted by Gasteiger charge is -2.23. The van der Waals surface area contributed by atoms with E-state index in [9.17, 15) is 19.2 Å². The number of hydrogen-bond donors (Lipinski definition) is 4. The monoisotopic (exact) mass is 714 g/mol. The minimum atomic E-state index is -0.626. The number of amides is 4. The number of alkyl carbamates (subject to hydrolysis) is 2. The van der Waals surface area contributed by atoms with E-state index < -0.39 is 23.4 Å². The first-order chi connectivity index (χ1) is 23.9. The van der Waals surface area contributed by atoms with E-state index in [0.29, 0.717) is 11.4 Å². The van der Waals surface area contributed by atoms with E-state index in [4.69, 9.17) is 9.47 Å². The van der Waals surface area contributed by atoms with Crippen molar-refractivity contribution in [3.63, 3.8) is 0 Å². The van der Waals surface area contributed by atoms with Crippen LogP contribution in [0.15, 0.2) is 60.7 Å². The van der Waals surface area contributed by atoms with Gasteiger partial charge in [0.1, 0.15) is 11.2 Å². The van der Waals surface area contributed by atoms with E-state index >= 15 is 0 Å². The molecule has 282 valence electrons. The molecule has 0 bridgehead atoms. The second-order valence-corrected chi connectivity index (χ2v) is 17.1. The molecule has 4 amide bonds. The molecule has 0 aliphatic heterocycles. The molecule has 4 N–H and O–H groups in total. The molecule has 10 nitrogen and oxygen atoms in total. The molecule has 3 rings (SSSR count). The van der Waals surface area contributed by atoms with Gasteiger partial charge in [0.05, 0.1) is 0 Å². The van der Waals surface area contributed by atoms with Crippen molar-refractivity contribution >= 4 is 35.4 Å². The first kappa shape index (κ1) is 41.6. The summed E-state index contributed by atoms with van der Waals surface area (Å²) in [4.78, 5) is 50.1. The molecule has 0 unspecified atom stereocenters. The van der Waals surface area contributed by atoms with Crippen molar-refractivity contribution in [2.24, 2.45) is 0 Å². The summed E-state index contributed by atoms with van der Waals surface area (Å²) in [5, 5.41) is 11.3. The normalized spacial score (nSPS) is 12.1. The van der Waals surface area contributed by atoms with E-state index in [-0.39, 0.29) is 48.6 Å². The summed E-state index contributed by atoms with van der Waals surface area (Å²) < 4.78 is 10.5. The summed E-state index contributed by atoms with van der Waals surface area (Å²) in [6, 6.07) is 20.1. The van der Waals surface area contributed by atoms with E-state index in [1.165, 1.54) is 0 Å². The third kappa shape index (κ3) is 13.4. The van der Waals surface area contributed by atoms with Crippen molar-refractivity contribution in [1.29, 1.82) is 0 Å². The average Bonchev–Trinajstić information content (AvgIpc) is 2.98. The molecule has 0 radical (unpaired) electrons. The fourth-order valence-electron chi connectivity index (χ4n) is 5.16. The van der Waals surface area contributed by atoms with Crippen molar-refractivity contribution in [2.75, 3.05) is 23.7 Å². The molecule has 3 aromatic carbocycles. The van der Waals surface area contributed by atoms with E-state index in [1.54, 1.807) is 41.5 Å². The van der Waals surface area contributed by atoms with Crippen LogP contribution in [0, 0.1) is 0 Å². The van der Waals surface area contributed by atoms with Crippen LogP contribution in [0.1, 0.15) is 107 Å². The number of rotatable bonds is 10. The summed E-state index contributed by atoms with van der Waals surface area (Å²) in [5.74, 6) is -0.476. The first-order valence-electron chi connectivity index (χ1n) is 17.8. The van der Waals surface area contributed by atoms with Gasteiger partial charge in [0.25, 0.3) is 0 Å². The predicted molar refractivity (Wildman–Crippen MR) is 210 cm³/mol. The summed E-state index contributed by atoms with van der Waals surface area (Å²) in [6.07, 6.45) is -0.981. The number of carbonyl (C=O) groups is 4. The van der Waals surface area contributed by atoms with Gasteiger partial charge in [0, 0.05) is 48.4 Å². The molecule has 0 fully saturated rings. The maximum atomic E-state index is 13.0. The summed E-state index contributed by atoms with van der Waals surface area (Å²) in [7, 11) is 0. The van der Waals surface area contributed by atoms with Crippen LogP contribution in [0.2, 0.25) is 0 Å². The second kappa shape index (κ2) is 16.7. The average molecular weight is 715 g/mol. The highest BCUT2D eigenvalue weighted by Gasteiger charge is 2.21. The molecule has 0 saturated heterocycles. The molecule has 10 heteroatoms. The third-order valence-corrected chi connectivity index (χ3v) is 7.87. The van der Waals surface area contributed by atoms with Crippen LogP contribution < -0.4 is 21.3 Å². The molecule has 0 aliphatic carbocycles. The van der Waals surface area contributed by atoms with Crippen molar-refractivity contribution in [2.45, 2.75) is 118 Å². The van der Waals surface area contributed by atoms with Crippen LogP contribution in [-0.4, -0.2) is 48.3 Å². The largest absolute Gasteiger partial charge is 0.444 e. The quantitative estimate of drug-likeness (QED) is 0.165. The fourth-order valence-corrected chi connectivity index (χ4v) is 5.16. The highest BCUT2D eigenvalue weighted by atomic mass is 16.6. The molecule has 0 spiro atoms. The van der Waals surface area contributed by atoms with Gasteiger partial charge in [-0.1, -0.05) is 77.9 Å². The van der Waals surface area contributed by atoms with Gasteiger partial charge in [-0.3, -0.25) is 9.59 Å². The van der Waals surface area contributed by atoms with Gasteiger partial charge in [0.2, 0.25) is 11.8 Å². The highest BCUT2D eigenvalue weighted by Crippen LogP contribution is 2.37. The zero-order valence-corrected chi connectivity index (χ0v) is 33.1. The first-order valence-corrected chi connectivity index (χ1v) is 17.8. The van der Waals surface area contributed by atoms with E-state index in [2.05, 4.69) is 74.9 Å². The Hall–Kier alpha value is -4.86. The zero-order valence-electron chi connectivity index (χ0n) is 33.1. The molecule has 0 aliphatic rings. The maximum absolute atomic E-state index is 13.0. The van der Waals surface area contributed by atoms with Crippen LogP contribution in [0.4, 0.5) is 21.0 Å². The lowest BCUT2D eigenvalue weighted by molar-refractivity contribution is -0.116. The van der Waals surface area contributed by atoms with Crippen molar-refractivity contribution < 1.29 is 28.7 Å². The Morgan fingerprint density at radius 2 is 0.827 bits per heavy atom.